The third-order valence-corrected chi connectivity index (χ3v) is 23.4. The maximum absolute atomic E-state index is 13.2. The van der Waals surface area contributed by atoms with Crippen LogP contribution >= 0.6 is 15.6 Å². The van der Waals surface area contributed by atoms with Crippen LogP contribution in [0.4, 0.5) is 0 Å². The summed E-state index contributed by atoms with van der Waals surface area (Å²) in [7, 11) is -9.94. The van der Waals surface area contributed by atoms with Crippen LogP contribution in [0.1, 0.15) is 491 Å². The van der Waals surface area contributed by atoms with Crippen molar-refractivity contribution < 1.29 is 80.2 Å². The third kappa shape index (κ3) is 84.0. The molecule has 0 aliphatic heterocycles. The first-order chi connectivity index (χ1) is 53.4. The SMILES string of the molecule is CCCCCCCCCCCCCCCCCCCCCCCC(=O)OC[C@H](COP(=O)(O)OC[C@@H](O)COP(=O)(O)OC[C@@H](COC(=O)CCCCCCCCCCCCCCC)OC(=O)CCCCCCCCCCCCCCC(C)C)OC(=O)CCCCCCCCCCCCCCCCCCCCC(C)C. The van der Waals surface area contributed by atoms with E-state index in [-0.39, 0.29) is 25.7 Å². The summed E-state index contributed by atoms with van der Waals surface area (Å²) in [4.78, 5) is 73.4. The molecule has 0 spiro atoms. The lowest BCUT2D eigenvalue weighted by molar-refractivity contribution is -0.161. The number of rotatable bonds is 90. The highest BCUT2D eigenvalue weighted by Gasteiger charge is 2.31. The number of unbranched alkanes of at least 4 members (excludes halogenated alkanes) is 60. The second-order valence-corrected chi connectivity index (χ2v) is 36.6. The summed E-state index contributed by atoms with van der Waals surface area (Å²) in [5.74, 6) is -0.498. The minimum Gasteiger partial charge on any atom is -0.462 e. The first kappa shape index (κ1) is 108. The Morgan fingerprint density at radius 2 is 0.418 bits per heavy atom. The van der Waals surface area contributed by atoms with E-state index in [0.29, 0.717) is 25.7 Å². The fourth-order valence-corrected chi connectivity index (χ4v) is 15.9. The van der Waals surface area contributed by atoms with Gasteiger partial charge in [-0.05, 0) is 37.5 Å². The van der Waals surface area contributed by atoms with E-state index in [0.717, 1.165) is 102 Å². The Balaban J connectivity index is 5.24. The van der Waals surface area contributed by atoms with Crippen LogP contribution < -0.4 is 0 Å². The predicted molar refractivity (Wildman–Crippen MR) is 455 cm³/mol. The van der Waals surface area contributed by atoms with E-state index in [1.54, 1.807) is 0 Å². The number of aliphatic hydroxyl groups excluding tert-OH is 1. The number of carbonyl (C=O) groups is 4. The molecular weight excluding hydrogens is 1430 g/mol. The Labute approximate surface area is 677 Å². The molecule has 0 aliphatic carbocycles. The molecule has 0 aromatic heterocycles. The topological polar surface area (TPSA) is 237 Å². The van der Waals surface area contributed by atoms with Gasteiger partial charge in [0.2, 0.25) is 0 Å². The predicted octanol–water partition coefficient (Wildman–Crippen LogP) is 28.2. The summed E-state index contributed by atoms with van der Waals surface area (Å²) >= 11 is 0. The smallest absolute Gasteiger partial charge is 0.462 e. The quantitative estimate of drug-likeness (QED) is 0.0222. The molecular formula is C91H178O17P2. The molecule has 0 aromatic rings. The molecule has 17 nitrogen and oxygen atoms in total. The number of aliphatic hydroxyl groups is 1. The van der Waals surface area contributed by atoms with Crippen LogP contribution in [0.25, 0.3) is 0 Å². The minimum absolute atomic E-state index is 0.108. The van der Waals surface area contributed by atoms with Crippen molar-refractivity contribution in [1.82, 2.24) is 0 Å². The standard InChI is InChI=1S/C91H178O17P2/c1-7-9-11-13-15-17-19-21-22-23-24-25-26-30-33-37-44-50-56-62-68-74-89(94)102-80-86(107-90(95)75-69-63-57-51-45-38-34-31-28-27-29-32-36-41-47-53-59-65-71-83(3)4)81-105-109(97,98)103-77-85(92)78-104-110(99,100)106-82-87(79-101-88(93)73-67-61-55-49-43-35-20-18-16-14-12-10-8-2)108-91(96)76-70-64-58-52-46-40-39-42-48-54-60-66-72-84(5)6/h83-87,92H,7-82H2,1-6H3,(H,97,98)(H,99,100)/t85-,86-,87-/m1/s1. The first-order valence-electron chi connectivity index (χ1n) is 47.0. The third-order valence-electron chi connectivity index (χ3n) is 21.5. The van der Waals surface area contributed by atoms with Crippen molar-refractivity contribution in [2.75, 3.05) is 39.6 Å². The largest absolute Gasteiger partial charge is 0.472 e. The van der Waals surface area contributed by atoms with E-state index in [1.807, 2.05) is 0 Å². The summed E-state index contributed by atoms with van der Waals surface area (Å²) < 4.78 is 69.1. The molecule has 0 aromatic carbocycles. The van der Waals surface area contributed by atoms with Gasteiger partial charge in [0.1, 0.15) is 19.3 Å². The molecule has 0 amide bonds. The van der Waals surface area contributed by atoms with Crippen LogP contribution in [0, 0.1) is 11.8 Å². The number of phosphoric ester groups is 2. The number of ether oxygens (including phenoxy) is 4. The Kier molecular flexibility index (Phi) is 80.7. The zero-order valence-electron chi connectivity index (χ0n) is 72.6. The van der Waals surface area contributed by atoms with Gasteiger partial charge in [0.15, 0.2) is 12.2 Å². The van der Waals surface area contributed by atoms with Crippen molar-refractivity contribution in [2.45, 2.75) is 509 Å². The minimum atomic E-state index is -4.97. The van der Waals surface area contributed by atoms with Crippen molar-refractivity contribution in [1.29, 1.82) is 0 Å². The molecule has 0 radical (unpaired) electrons. The van der Waals surface area contributed by atoms with Crippen LogP contribution in [0.15, 0.2) is 0 Å². The van der Waals surface area contributed by atoms with E-state index in [4.69, 9.17) is 37.0 Å². The van der Waals surface area contributed by atoms with Gasteiger partial charge in [0.05, 0.1) is 26.4 Å². The second kappa shape index (κ2) is 82.2. The summed E-state index contributed by atoms with van der Waals surface area (Å²) in [6.07, 6.45) is 76.4. The monoisotopic (exact) mass is 1610 g/mol. The van der Waals surface area contributed by atoms with Crippen LogP contribution in [-0.4, -0.2) is 96.7 Å². The normalized spacial score (nSPS) is 13.7. The van der Waals surface area contributed by atoms with Crippen molar-refractivity contribution in [3.8, 4) is 0 Å². The molecule has 2 unspecified atom stereocenters. The van der Waals surface area contributed by atoms with Gasteiger partial charge in [0, 0.05) is 25.7 Å². The van der Waals surface area contributed by atoms with Crippen LogP contribution in [-0.2, 0) is 65.4 Å². The van der Waals surface area contributed by atoms with Gasteiger partial charge in [-0.15, -0.1) is 0 Å². The molecule has 0 heterocycles. The lowest BCUT2D eigenvalue weighted by Gasteiger charge is -2.21. The lowest BCUT2D eigenvalue weighted by Crippen LogP contribution is -2.30. The van der Waals surface area contributed by atoms with Gasteiger partial charge in [-0.1, -0.05) is 440 Å². The first-order valence-corrected chi connectivity index (χ1v) is 50.0. The fourth-order valence-electron chi connectivity index (χ4n) is 14.3. The molecule has 110 heavy (non-hydrogen) atoms. The highest BCUT2D eigenvalue weighted by atomic mass is 31.2. The zero-order chi connectivity index (χ0) is 80.6. The molecule has 0 saturated heterocycles. The van der Waals surface area contributed by atoms with Crippen molar-refractivity contribution in [2.24, 2.45) is 11.8 Å². The molecule has 654 valence electrons. The summed E-state index contributed by atoms with van der Waals surface area (Å²) in [5, 5.41) is 10.7. The molecule has 0 rings (SSSR count). The van der Waals surface area contributed by atoms with Crippen molar-refractivity contribution in [3.63, 3.8) is 0 Å². The summed E-state index contributed by atoms with van der Waals surface area (Å²) in [6.45, 7) is 9.75. The summed E-state index contributed by atoms with van der Waals surface area (Å²) in [5.41, 5.74) is 0. The maximum Gasteiger partial charge on any atom is 0.472 e. The van der Waals surface area contributed by atoms with E-state index >= 15 is 0 Å². The zero-order valence-corrected chi connectivity index (χ0v) is 74.4. The maximum atomic E-state index is 13.2. The Hall–Kier alpha value is -1.94. The number of phosphoric acid groups is 2. The van der Waals surface area contributed by atoms with E-state index in [9.17, 15) is 43.2 Å². The van der Waals surface area contributed by atoms with Crippen molar-refractivity contribution >= 4 is 39.5 Å². The number of hydrogen-bond donors (Lipinski definition) is 3. The van der Waals surface area contributed by atoms with Crippen LogP contribution in [0.5, 0.6) is 0 Å². The Bertz CT molecular complexity index is 2100. The molecule has 0 aliphatic rings. The highest BCUT2D eigenvalue weighted by Crippen LogP contribution is 2.45. The van der Waals surface area contributed by atoms with E-state index in [1.165, 1.54) is 308 Å². The van der Waals surface area contributed by atoms with E-state index < -0.39 is 97.5 Å². The van der Waals surface area contributed by atoms with Crippen LogP contribution in [0.2, 0.25) is 0 Å². The molecule has 0 saturated carbocycles. The van der Waals surface area contributed by atoms with Gasteiger partial charge in [-0.25, -0.2) is 9.13 Å². The van der Waals surface area contributed by atoms with Crippen molar-refractivity contribution in [3.05, 3.63) is 0 Å². The highest BCUT2D eigenvalue weighted by molar-refractivity contribution is 7.47. The Morgan fingerprint density at radius 3 is 0.618 bits per heavy atom. The number of carbonyl (C=O) groups excluding carboxylic acids is 4. The summed E-state index contributed by atoms with van der Waals surface area (Å²) in [6, 6.07) is 0. The van der Waals surface area contributed by atoms with Gasteiger partial charge < -0.3 is 33.8 Å². The molecule has 0 bridgehead atoms. The van der Waals surface area contributed by atoms with Crippen LogP contribution in [0.3, 0.4) is 0 Å². The molecule has 5 atom stereocenters. The van der Waals surface area contributed by atoms with E-state index in [2.05, 4.69) is 41.5 Å². The molecule has 3 N–H and O–H groups in total. The fraction of sp³-hybridized carbons (Fsp3) is 0.956. The molecule has 0 fully saturated rings. The van der Waals surface area contributed by atoms with Gasteiger partial charge >= 0.3 is 39.5 Å². The number of esters is 4. The average Bonchev–Trinajstić information content (AvgIpc) is 0.898. The average molecular weight is 1610 g/mol. The Morgan fingerprint density at radius 1 is 0.245 bits per heavy atom. The number of hydrogen-bond acceptors (Lipinski definition) is 15. The van der Waals surface area contributed by atoms with Gasteiger partial charge in [-0.2, -0.15) is 0 Å². The lowest BCUT2D eigenvalue weighted by atomic mass is 10.0. The molecule has 19 heteroatoms. The van der Waals surface area contributed by atoms with Gasteiger partial charge in [0.25, 0.3) is 0 Å². The second-order valence-electron chi connectivity index (χ2n) is 33.6. The van der Waals surface area contributed by atoms with Gasteiger partial charge in [-0.3, -0.25) is 37.3 Å².